The number of methoxy groups -OCH3 is 1. The quantitative estimate of drug-likeness (QED) is 0.814. The van der Waals surface area contributed by atoms with Gasteiger partial charge in [0, 0.05) is 17.2 Å². The molecule has 24 heavy (non-hydrogen) atoms. The normalized spacial score (nSPS) is 13.8. The standard InChI is InChI=1S/C20H22FNO2/c1-12(2)15-10-16(19(23-4)11-18(15)21)14-6-5-13(3)9-17(14)20-22-7-8-24-20/h5-6,9-12H,7-8H2,1-4H3. The van der Waals surface area contributed by atoms with Crippen LogP contribution >= 0.6 is 0 Å². The van der Waals surface area contributed by atoms with Crippen molar-refractivity contribution in [3.63, 3.8) is 0 Å². The molecular weight excluding hydrogens is 305 g/mol. The third-order valence-electron chi connectivity index (χ3n) is 4.22. The third kappa shape index (κ3) is 3.01. The van der Waals surface area contributed by atoms with Crippen molar-refractivity contribution in [2.75, 3.05) is 20.3 Å². The molecule has 126 valence electrons. The van der Waals surface area contributed by atoms with Gasteiger partial charge in [0.2, 0.25) is 5.90 Å². The Labute approximate surface area is 142 Å². The fourth-order valence-corrected chi connectivity index (χ4v) is 2.96. The fourth-order valence-electron chi connectivity index (χ4n) is 2.96. The van der Waals surface area contributed by atoms with Crippen LogP contribution in [-0.2, 0) is 4.74 Å². The van der Waals surface area contributed by atoms with E-state index in [9.17, 15) is 4.39 Å². The van der Waals surface area contributed by atoms with Crippen LogP contribution in [0, 0.1) is 12.7 Å². The van der Waals surface area contributed by atoms with Crippen molar-refractivity contribution in [2.45, 2.75) is 26.7 Å². The van der Waals surface area contributed by atoms with Crippen molar-refractivity contribution in [3.8, 4) is 16.9 Å². The lowest BCUT2D eigenvalue weighted by molar-refractivity contribution is 0.348. The maximum Gasteiger partial charge on any atom is 0.216 e. The van der Waals surface area contributed by atoms with Gasteiger partial charge in [-0.3, -0.25) is 0 Å². The van der Waals surface area contributed by atoms with E-state index in [1.165, 1.54) is 6.07 Å². The number of benzene rings is 2. The summed E-state index contributed by atoms with van der Waals surface area (Å²) in [6.07, 6.45) is 0. The molecular formula is C20H22FNO2. The zero-order chi connectivity index (χ0) is 17.3. The minimum atomic E-state index is -0.242. The topological polar surface area (TPSA) is 30.8 Å². The van der Waals surface area contributed by atoms with E-state index in [1.807, 2.05) is 39.0 Å². The van der Waals surface area contributed by atoms with Crippen LogP contribution in [0.5, 0.6) is 5.75 Å². The average Bonchev–Trinajstić information content (AvgIpc) is 3.08. The van der Waals surface area contributed by atoms with E-state index in [2.05, 4.69) is 11.1 Å². The molecule has 0 saturated carbocycles. The Hall–Kier alpha value is -2.36. The predicted molar refractivity (Wildman–Crippen MR) is 94.6 cm³/mol. The van der Waals surface area contributed by atoms with E-state index in [1.54, 1.807) is 7.11 Å². The summed E-state index contributed by atoms with van der Waals surface area (Å²) in [5.74, 6) is 1.00. The van der Waals surface area contributed by atoms with Gasteiger partial charge < -0.3 is 9.47 Å². The Morgan fingerprint density at radius 1 is 1.12 bits per heavy atom. The van der Waals surface area contributed by atoms with Gasteiger partial charge in [0.25, 0.3) is 0 Å². The van der Waals surface area contributed by atoms with E-state index in [-0.39, 0.29) is 11.7 Å². The molecule has 0 fully saturated rings. The van der Waals surface area contributed by atoms with E-state index >= 15 is 0 Å². The molecule has 0 aliphatic carbocycles. The third-order valence-corrected chi connectivity index (χ3v) is 4.22. The van der Waals surface area contributed by atoms with Crippen LogP contribution in [0.2, 0.25) is 0 Å². The SMILES string of the molecule is COc1cc(F)c(C(C)C)cc1-c1ccc(C)cc1C1=NCCO1. The fraction of sp³-hybridized carbons (Fsp3) is 0.350. The minimum Gasteiger partial charge on any atom is -0.496 e. The second kappa shape index (κ2) is 6.63. The van der Waals surface area contributed by atoms with Gasteiger partial charge in [-0.25, -0.2) is 9.38 Å². The largest absolute Gasteiger partial charge is 0.496 e. The Morgan fingerprint density at radius 2 is 1.92 bits per heavy atom. The zero-order valence-corrected chi connectivity index (χ0v) is 14.5. The first-order valence-corrected chi connectivity index (χ1v) is 8.17. The molecule has 1 aliphatic rings. The van der Waals surface area contributed by atoms with Crippen LogP contribution < -0.4 is 4.74 Å². The van der Waals surface area contributed by atoms with E-state index < -0.39 is 0 Å². The first-order chi connectivity index (χ1) is 11.5. The molecule has 0 radical (unpaired) electrons. The highest BCUT2D eigenvalue weighted by Crippen LogP contribution is 2.37. The lowest BCUT2D eigenvalue weighted by Crippen LogP contribution is -2.05. The summed E-state index contributed by atoms with van der Waals surface area (Å²) in [7, 11) is 1.56. The molecule has 4 heteroatoms. The summed E-state index contributed by atoms with van der Waals surface area (Å²) in [6, 6.07) is 9.45. The van der Waals surface area contributed by atoms with Crippen LogP contribution in [0.4, 0.5) is 4.39 Å². The number of rotatable bonds is 4. The number of aliphatic imine (C=N–C) groups is 1. The first-order valence-electron chi connectivity index (χ1n) is 8.17. The van der Waals surface area contributed by atoms with Gasteiger partial charge in [-0.15, -0.1) is 0 Å². The number of hydrogen-bond donors (Lipinski definition) is 0. The summed E-state index contributed by atoms with van der Waals surface area (Å²) < 4.78 is 25.4. The second-order valence-electron chi connectivity index (χ2n) is 6.31. The van der Waals surface area contributed by atoms with Crippen LogP contribution in [0.1, 0.15) is 36.5 Å². The number of nitrogens with zero attached hydrogens (tertiary/aromatic N) is 1. The summed E-state index contributed by atoms with van der Waals surface area (Å²) in [6.45, 7) is 7.26. The molecule has 2 aromatic rings. The van der Waals surface area contributed by atoms with Crippen LogP contribution in [-0.4, -0.2) is 26.2 Å². The molecule has 0 unspecified atom stereocenters. The molecule has 0 amide bonds. The van der Waals surface area contributed by atoms with E-state index in [0.717, 1.165) is 22.3 Å². The van der Waals surface area contributed by atoms with Gasteiger partial charge in [0.05, 0.1) is 13.7 Å². The van der Waals surface area contributed by atoms with Gasteiger partial charge in [0.1, 0.15) is 18.2 Å². The minimum absolute atomic E-state index is 0.0867. The molecule has 0 saturated heterocycles. The van der Waals surface area contributed by atoms with Crippen LogP contribution in [0.25, 0.3) is 11.1 Å². The molecule has 1 aliphatic heterocycles. The number of halogens is 1. The molecule has 2 aromatic carbocycles. The number of ether oxygens (including phenoxy) is 2. The summed E-state index contributed by atoms with van der Waals surface area (Å²) in [4.78, 5) is 4.44. The van der Waals surface area contributed by atoms with Crippen LogP contribution in [0.3, 0.4) is 0 Å². The maximum absolute atomic E-state index is 14.3. The highest BCUT2D eigenvalue weighted by atomic mass is 19.1. The molecule has 0 atom stereocenters. The summed E-state index contributed by atoms with van der Waals surface area (Å²) >= 11 is 0. The smallest absolute Gasteiger partial charge is 0.216 e. The lowest BCUT2D eigenvalue weighted by atomic mass is 9.92. The van der Waals surface area contributed by atoms with Gasteiger partial charge in [-0.2, -0.15) is 0 Å². The Bertz CT molecular complexity index is 796. The predicted octanol–water partition coefficient (Wildman–Crippen LogP) is 4.71. The van der Waals surface area contributed by atoms with Crippen molar-refractivity contribution in [2.24, 2.45) is 4.99 Å². The van der Waals surface area contributed by atoms with Crippen molar-refractivity contribution in [1.29, 1.82) is 0 Å². The molecule has 0 spiro atoms. The Morgan fingerprint density at radius 3 is 2.54 bits per heavy atom. The zero-order valence-electron chi connectivity index (χ0n) is 14.5. The van der Waals surface area contributed by atoms with Gasteiger partial charge in [0.15, 0.2) is 0 Å². The number of aryl methyl sites for hydroxylation is 1. The summed E-state index contributed by atoms with van der Waals surface area (Å²) in [5.41, 5.74) is 4.52. The first kappa shape index (κ1) is 16.5. The molecule has 0 aromatic heterocycles. The molecule has 3 rings (SSSR count). The van der Waals surface area contributed by atoms with Gasteiger partial charge >= 0.3 is 0 Å². The molecule has 0 bridgehead atoms. The average molecular weight is 327 g/mol. The molecule has 3 nitrogen and oxygen atoms in total. The lowest BCUT2D eigenvalue weighted by Gasteiger charge is -2.17. The highest BCUT2D eigenvalue weighted by Gasteiger charge is 2.20. The van der Waals surface area contributed by atoms with Crippen molar-refractivity contribution in [1.82, 2.24) is 0 Å². The van der Waals surface area contributed by atoms with Crippen LogP contribution in [0.15, 0.2) is 35.3 Å². The summed E-state index contributed by atoms with van der Waals surface area (Å²) in [5, 5.41) is 0. The van der Waals surface area contributed by atoms with E-state index in [0.29, 0.717) is 30.4 Å². The second-order valence-corrected chi connectivity index (χ2v) is 6.31. The van der Waals surface area contributed by atoms with Crippen molar-refractivity contribution >= 4 is 5.90 Å². The maximum atomic E-state index is 14.3. The number of hydrogen-bond acceptors (Lipinski definition) is 3. The Kier molecular flexibility index (Phi) is 4.56. The molecule has 1 heterocycles. The van der Waals surface area contributed by atoms with Gasteiger partial charge in [-0.05, 0) is 36.1 Å². The highest BCUT2D eigenvalue weighted by molar-refractivity contribution is 6.02. The molecule has 0 N–H and O–H groups in total. The Balaban J connectivity index is 2.23. The van der Waals surface area contributed by atoms with Crippen molar-refractivity contribution < 1.29 is 13.9 Å². The monoisotopic (exact) mass is 327 g/mol. The van der Waals surface area contributed by atoms with Gasteiger partial charge in [-0.1, -0.05) is 31.5 Å². The van der Waals surface area contributed by atoms with Crippen molar-refractivity contribution in [3.05, 3.63) is 52.8 Å². The van der Waals surface area contributed by atoms with E-state index in [4.69, 9.17) is 9.47 Å².